The number of fused-ring (bicyclic) bond motifs is 8. The highest BCUT2D eigenvalue weighted by atomic mass is 16.3. The number of para-hydroxylation sites is 1. The summed E-state index contributed by atoms with van der Waals surface area (Å²) in [4.78, 5) is 13.7. The van der Waals surface area contributed by atoms with E-state index >= 15 is 0 Å². The summed E-state index contributed by atoms with van der Waals surface area (Å²) in [6, 6.07) is 51.9. The second-order valence-electron chi connectivity index (χ2n) is 12.1. The summed E-state index contributed by atoms with van der Waals surface area (Å²) in [6.07, 6.45) is 5.86. The number of nitrogens with zero attached hydrogens (tertiary/aromatic N) is 3. The lowest BCUT2D eigenvalue weighted by atomic mass is 9.93. The van der Waals surface area contributed by atoms with Crippen LogP contribution in [0.4, 0.5) is 0 Å². The molecule has 4 aromatic carbocycles. The second-order valence-corrected chi connectivity index (χ2v) is 12.1. The molecule has 0 amide bonds. The number of aliphatic hydroxyl groups excluding tert-OH is 1. The molecule has 0 saturated carbocycles. The zero-order valence-corrected chi connectivity index (χ0v) is 26.5. The molecule has 3 aromatic heterocycles. The lowest BCUT2D eigenvalue weighted by Gasteiger charge is -2.14. The third kappa shape index (κ3) is 5.14. The van der Waals surface area contributed by atoms with Gasteiger partial charge in [-0.25, -0.2) is 9.97 Å². The summed E-state index contributed by atoms with van der Waals surface area (Å²) in [5.41, 5.74) is 13.5. The molecule has 0 fully saturated rings. The Labute approximate surface area is 283 Å². The van der Waals surface area contributed by atoms with Crippen LogP contribution in [-0.4, -0.2) is 24.6 Å². The maximum Gasteiger partial charge on any atom is 0.144 e. The van der Waals surface area contributed by atoms with Crippen LogP contribution in [0.2, 0.25) is 0 Å². The Morgan fingerprint density at radius 2 is 1.00 bits per heavy atom. The van der Waals surface area contributed by atoms with Gasteiger partial charge in [-0.2, -0.15) is 0 Å². The number of aromatic nitrogens is 4. The van der Waals surface area contributed by atoms with Gasteiger partial charge in [-0.1, -0.05) is 109 Å². The van der Waals surface area contributed by atoms with Crippen molar-refractivity contribution in [3.63, 3.8) is 0 Å². The first-order valence-corrected chi connectivity index (χ1v) is 16.3. The summed E-state index contributed by atoms with van der Waals surface area (Å²) < 4.78 is 2.31. The van der Waals surface area contributed by atoms with Crippen LogP contribution in [0.15, 0.2) is 152 Å². The third-order valence-corrected chi connectivity index (χ3v) is 8.96. The third-order valence-electron chi connectivity index (χ3n) is 8.96. The molecule has 49 heavy (non-hydrogen) atoms. The molecule has 8 bridgehead atoms. The maximum absolute atomic E-state index is 11.8. The molecule has 232 valence electrons. The van der Waals surface area contributed by atoms with Crippen molar-refractivity contribution in [3.8, 4) is 39.1 Å². The number of hydrogen-bond donors (Lipinski definition) is 2. The van der Waals surface area contributed by atoms with Crippen LogP contribution in [0.25, 0.3) is 85.1 Å². The topological polar surface area (TPSA) is 66.7 Å². The zero-order valence-electron chi connectivity index (χ0n) is 26.5. The zero-order chi connectivity index (χ0) is 32.7. The summed E-state index contributed by atoms with van der Waals surface area (Å²) in [5.74, 6) is 0.112. The fraction of sp³-hybridized carbons (Fsp3) is 0. The monoisotopic (exact) mass is 630 g/mol. The van der Waals surface area contributed by atoms with Crippen LogP contribution >= 0.6 is 0 Å². The van der Waals surface area contributed by atoms with Gasteiger partial charge in [-0.05, 0) is 71.3 Å². The van der Waals surface area contributed by atoms with Crippen LogP contribution in [0, 0.1) is 0 Å². The standard InChI is InChI=1S/C44H30N4O/c49-39-28-36-26-34-22-21-32(45-34)25-33-23-24-35(46-33)27-38-40(29-13-5-1-6-14-29)41(30-15-7-2-8-16-30)44(48(38)37-19-11-4-12-20-37)42(43(39)47-36)31-17-9-3-10-18-31/h1-28,45,49H. The van der Waals surface area contributed by atoms with Crippen molar-refractivity contribution in [2.24, 2.45) is 0 Å². The number of aliphatic hydroxyl groups is 1. The Hall–Kier alpha value is -6.72. The van der Waals surface area contributed by atoms with Gasteiger partial charge < -0.3 is 14.7 Å². The van der Waals surface area contributed by atoms with E-state index < -0.39 is 0 Å². The number of aromatic amines is 1. The Kier molecular flexibility index (Phi) is 6.87. The van der Waals surface area contributed by atoms with Crippen molar-refractivity contribution >= 4 is 46.1 Å². The molecule has 0 radical (unpaired) electrons. The molecule has 7 aromatic rings. The molecule has 0 atom stereocenters. The first kappa shape index (κ1) is 28.5. The number of H-pyrrole nitrogens is 1. The summed E-state index contributed by atoms with van der Waals surface area (Å²) in [5, 5.41) is 11.8. The van der Waals surface area contributed by atoms with Crippen LogP contribution in [0.5, 0.6) is 0 Å². The molecule has 5 heterocycles. The Balaban J connectivity index is 1.63. The van der Waals surface area contributed by atoms with Gasteiger partial charge in [0, 0.05) is 39.5 Å². The van der Waals surface area contributed by atoms with E-state index in [-0.39, 0.29) is 5.76 Å². The van der Waals surface area contributed by atoms with E-state index in [1.807, 2.05) is 60.7 Å². The second kappa shape index (κ2) is 11.8. The quantitative estimate of drug-likeness (QED) is 0.203. The smallest absolute Gasteiger partial charge is 0.144 e. The van der Waals surface area contributed by atoms with Crippen molar-refractivity contribution < 1.29 is 5.11 Å². The van der Waals surface area contributed by atoms with Gasteiger partial charge in [0.1, 0.15) is 11.5 Å². The first-order valence-electron chi connectivity index (χ1n) is 16.3. The molecule has 5 nitrogen and oxygen atoms in total. The molecule has 2 aliphatic rings. The summed E-state index contributed by atoms with van der Waals surface area (Å²) >= 11 is 0. The van der Waals surface area contributed by atoms with E-state index in [9.17, 15) is 5.11 Å². The fourth-order valence-corrected chi connectivity index (χ4v) is 6.88. The van der Waals surface area contributed by atoms with Crippen LogP contribution < -0.4 is 0 Å². The highest BCUT2D eigenvalue weighted by molar-refractivity contribution is 6.11. The molecular formula is C44H30N4O. The van der Waals surface area contributed by atoms with E-state index in [0.29, 0.717) is 11.4 Å². The molecule has 0 aliphatic carbocycles. The minimum Gasteiger partial charge on any atom is -0.506 e. The predicted octanol–water partition coefficient (Wildman–Crippen LogP) is 11.0. The van der Waals surface area contributed by atoms with Crippen LogP contribution in [0.1, 0.15) is 22.8 Å². The lowest BCUT2D eigenvalue weighted by Crippen LogP contribution is -1.98. The first-order chi connectivity index (χ1) is 24.2. The van der Waals surface area contributed by atoms with E-state index in [4.69, 9.17) is 9.97 Å². The number of nitrogens with one attached hydrogen (secondary N) is 1. The van der Waals surface area contributed by atoms with Gasteiger partial charge in [0.15, 0.2) is 0 Å². The molecule has 9 rings (SSSR count). The molecule has 0 unspecified atom stereocenters. The van der Waals surface area contributed by atoms with Gasteiger partial charge in [-0.3, -0.25) is 0 Å². The lowest BCUT2D eigenvalue weighted by molar-refractivity contribution is 0.515. The Bertz CT molecular complexity index is 2580. The van der Waals surface area contributed by atoms with E-state index in [0.717, 1.165) is 72.5 Å². The van der Waals surface area contributed by atoms with Gasteiger partial charge in [-0.15, -0.1) is 0 Å². The van der Waals surface area contributed by atoms with Crippen molar-refractivity contribution in [1.29, 1.82) is 0 Å². The normalized spacial score (nSPS) is 12.2. The van der Waals surface area contributed by atoms with E-state index in [2.05, 4.69) is 113 Å². The summed E-state index contributed by atoms with van der Waals surface area (Å²) in [6.45, 7) is 0. The largest absolute Gasteiger partial charge is 0.506 e. The van der Waals surface area contributed by atoms with Gasteiger partial charge in [0.05, 0.1) is 28.1 Å². The highest BCUT2D eigenvalue weighted by Gasteiger charge is 2.27. The molecular weight excluding hydrogens is 601 g/mol. The van der Waals surface area contributed by atoms with Crippen molar-refractivity contribution in [3.05, 3.63) is 174 Å². The number of hydrogen-bond acceptors (Lipinski definition) is 3. The van der Waals surface area contributed by atoms with Gasteiger partial charge in [0.2, 0.25) is 0 Å². The van der Waals surface area contributed by atoms with Crippen molar-refractivity contribution in [2.45, 2.75) is 0 Å². The highest BCUT2D eigenvalue weighted by Crippen LogP contribution is 2.47. The molecule has 0 saturated heterocycles. The van der Waals surface area contributed by atoms with Crippen molar-refractivity contribution in [2.75, 3.05) is 0 Å². The molecule has 2 N–H and O–H groups in total. The maximum atomic E-state index is 11.8. The van der Waals surface area contributed by atoms with E-state index in [1.165, 1.54) is 0 Å². The SMILES string of the molecule is OC1=Cc2cc3ccc(cc4nc(cc5c(-c6ccccc6)c(-c6ccccc6)c(c(-c6ccccc6)c1n2)n5-c1ccccc1)C=C4)[nH]3. The minimum atomic E-state index is 0.112. The molecule has 5 heteroatoms. The van der Waals surface area contributed by atoms with Crippen LogP contribution in [-0.2, 0) is 0 Å². The average molecular weight is 631 g/mol. The Morgan fingerprint density at radius 1 is 0.490 bits per heavy atom. The minimum absolute atomic E-state index is 0.112. The Morgan fingerprint density at radius 3 is 1.61 bits per heavy atom. The molecule has 2 aliphatic heterocycles. The summed E-state index contributed by atoms with van der Waals surface area (Å²) in [7, 11) is 0. The van der Waals surface area contributed by atoms with Gasteiger partial charge >= 0.3 is 0 Å². The van der Waals surface area contributed by atoms with E-state index in [1.54, 1.807) is 6.08 Å². The fourth-order valence-electron chi connectivity index (χ4n) is 6.88. The van der Waals surface area contributed by atoms with Crippen LogP contribution in [0.3, 0.4) is 0 Å². The number of rotatable bonds is 4. The van der Waals surface area contributed by atoms with Crippen molar-refractivity contribution in [1.82, 2.24) is 19.5 Å². The average Bonchev–Trinajstić information content (AvgIpc) is 3.93. The van der Waals surface area contributed by atoms with Gasteiger partial charge in [0.25, 0.3) is 0 Å². The predicted molar refractivity (Wildman–Crippen MR) is 202 cm³/mol. The number of benzene rings is 4. The molecule has 0 spiro atoms.